The van der Waals surface area contributed by atoms with Gasteiger partial charge in [0.2, 0.25) is 0 Å². The van der Waals surface area contributed by atoms with Gasteiger partial charge in [-0.3, -0.25) is 9.59 Å². The standard InChI is InChI=1S/C30H33BrF3N3O4/c1-3-19-7-6-14-37(17-19)28-18(2)27(23-15-21(31)11-12-24(23)36-28)29(40)35-16-20(10-13-26(38)39)22-8-4-5-9-25(22)41-30(32,33)34/h4-5,8-9,11-12,15,19-20H,3,6-7,10,13-14,16-17H2,1-2H3,(H,35,40)(H,38,39). The first-order valence-electron chi connectivity index (χ1n) is 13.7. The predicted molar refractivity (Wildman–Crippen MR) is 154 cm³/mol. The minimum atomic E-state index is -4.92. The van der Waals surface area contributed by atoms with E-state index < -0.39 is 29.9 Å². The number of anilines is 1. The summed E-state index contributed by atoms with van der Waals surface area (Å²) in [6, 6.07) is 11.1. The van der Waals surface area contributed by atoms with Gasteiger partial charge >= 0.3 is 12.3 Å². The molecule has 220 valence electrons. The summed E-state index contributed by atoms with van der Waals surface area (Å²) >= 11 is 3.48. The maximum absolute atomic E-state index is 13.8. The second-order valence-electron chi connectivity index (χ2n) is 10.4. The van der Waals surface area contributed by atoms with Gasteiger partial charge in [0.05, 0.1) is 11.1 Å². The number of fused-ring (bicyclic) bond motifs is 1. The highest BCUT2D eigenvalue weighted by Crippen LogP contribution is 2.35. The summed E-state index contributed by atoms with van der Waals surface area (Å²) < 4.78 is 44.3. The monoisotopic (exact) mass is 635 g/mol. The number of halogens is 4. The maximum Gasteiger partial charge on any atom is 0.573 e. The first kappa shape index (κ1) is 30.6. The van der Waals surface area contributed by atoms with Gasteiger partial charge in [-0.25, -0.2) is 4.98 Å². The fraction of sp³-hybridized carbons (Fsp3) is 0.433. The van der Waals surface area contributed by atoms with Crippen molar-refractivity contribution in [1.82, 2.24) is 10.3 Å². The van der Waals surface area contributed by atoms with E-state index in [1.54, 1.807) is 6.07 Å². The third kappa shape index (κ3) is 7.69. The van der Waals surface area contributed by atoms with E-state index in [2.05, 4.69) is 37.8 Å². The molecule has 2 unspecified atom stereocenters. The Kier molecular flexibility index (Phi) is 9.78. The molecule has 2 N–H and O–H groups in total. The van der Waals surface area contributed by atoms with Crippen LogP contribution in [-0.2, 0) is 4.79 Å². The molecule has 4 rings (SSSR count). The minimum Gasteiger partial charge on any atom is -0.481 e. The van der Waals surface area contributed by atoms with Crippen molar-refractivity contribution in [3.05, 3.63) is 63.6 Å². The quantitative estimate of drug-likeness (QED) is 0.245. The molecule has 1 aromatic heterocycles. The van der Waals surface area contributed by atoms with Crippen LogP contribution in [0.3, 0.4) is 0 Å². The molecule has 0 aliphatic carbocycles. The molecule has 2 heterocycles. The molecule has 1 aliphatic heterocycles. The Bertz CT molecular complexity index is 1420. The zero-order chi connectivity index (χ0) is 29.7. The smallest absolute Gasteiger partial charge is 0.481 e. The first-order chi connectivity index (χ1) is 19.5. The highest BCUT2D eigenvalue weighted by molar-refractivity contribution is 9.10. The Labute approximate surface area is 245 Å². The lowest BCUT2D eigenvalue weighted by Crippen LogP contribution is -2.37. The average Bonchev–Trinajstić information content (AvgIpc) is 2.92. The van der Waals surface area contributed by atoms with E-state index in [0.717, 1.165) is 42.6 Å². The van der Waals surface area contributed by atoms with Crippen LogP contribution in [0.5, 0.6) is 5.75 Å². The predicted octanol–water partition coefficient (Wildman–Crippen LogP) is 7.21. The third-order valence-electron chi connectivity index (χ3n) is 7.59. The molecule has 11 heteroatoms. The molecule has 1 fully saturated rings. The number of ether oxygens (including phenoxy) is 1. The Hall–Kier alpha value is -3.34. The van der Waals surface area contributed by atoms with Crippen molar-refractivity contribution in [3.63, 3.8) is 0 Å². The fourth-order valence-electron chi connectivity index (χ4n) is 5.51. The number of para-hydroxylation sites is 1. The van der Waals surface area contributed by atoms with Crippen LogP contribution in [0.4, 0.5) is 19.0 Å². The number of pyridine rings is 1. The summed E-state index contributed by atoms with van der Waals surface area (Å²) in [6.07, 6.45) is -1.96. The van der Waals surface area contributed by atoms with Crippen LogP contribution in [0.25, 0.3) is 10.9 Å². The molecule has 2 atom stereocenters. The number of carboxylic acids is 1. The number of carbonyl (C=O) groups excluding carboxylic acids is 1. The lowest BCUT2D eigenvalue weighted by atomic mass is 9.92. The van der Waals surface area contributed by atoms with Gasteiger partial charge in [-0.15, -0.1) is 13.2 Å². The van der Waals surface area contributed by atoms with Crippen LogP contribution in [-0.4, -0.2) is 48.0 Å². The molecular weight excluding hydrogens is 603 g/mol. The van der Waals surface area contributed by atoms with Crippen LogP contribution in [0.1, 0.15) is 66.4 Å². The van der Waals surface area contributed by atoms with Crippen LogP contribution in [0.15, 0.2) is 46.9 Å². The van der Waals surface area contributed by atoms with Crippen molar-refractivity contribution in [2.24, 2.45) is 5.92 Å². The number of nitrogens with one attached hydrogen (secondary N) is 1. The Morgan fingerprint density at radius 2 is 2.00 bits per heavy atom. The lowest BCUT2D eigenvalue weighted by Gasteiger charge is -2.34. The first-order valence-corrected chi connectivity index (χ1v) is 14.5. The van der Waals surface area contributed by atoms with Gasteiger partial charge in [0, 0.05) is 47.4 Å². The summed E-state index contributed by atoms with van der Waals surface area (Å²) in [5.74, 6) is -1.37. The van der Waals surface area contributed by atoms with Crippen molar-refractivity contribution in [1.29, 1.82) is 0 Å². The number of alkyl halides is 3. The second kappa shape index (κ2) is 13.1. The number of rotatable bonds is 10. The molecule has 0 radical (unpaired) electrons. The van der Waals surface area contributed by atoms with Crippen molar-refractivity contribution < 1.29 is 32.6 Å². The van der Waals surface area contributed by atoms with E-state index in [0.29, 0.717) is 27.9 Å². The van der Waals surface area contributed by atoms with E-state index in [1.807, 2.05) is 25.1 Å². The molecule has 1 amide bonds. The summed E-state index contributed by atoms with van der Waals surface area (Å²) in [6.45, 7) is 5.63. The van der Waals surface area contributed by atoms with E-state index in [9.17, 15) is 27.9 Å². The largest absolute Gasteiger partial charge is 0.573 e. The number of amides is 1. The number of benzene rings is 2. The fourth-order valence-corrected chi connectivity index (χ4v) is 5.87. The van der Waals surface area contributed by atoms with Crippen molar-refractivity contribution in [2.45, 2.75) is 58.2 Å². The normalized spacial score (nSPS) is 16.4. The number of piperidine rings is 1. The van der Waals surface area contributed by atoms with Crippen molar-refractivity contribution in [2.75, 3.05) is 24.5 Å². The van der Waals surface area contributed by atoms with Gasteiger partial charge in [0.1, 0.15) is 11.6 Å². The molecule has 3 aromatic rings. The van der Waals surface area contributed by atoms with Gasteiger partial charge in [-0.05, 0) is 61.9 Å². The van der Waals surface area contributed by atoms with Crippen molar-refractivity contribution in [3.8, 4) is 5.75 Å². The Morgan fingerprint density at radius 3 is 2.71 bits per heavy atom. The van der Waals surface area contributed by atoms with Crippen LogP contribution in [0, 0.1) is 12.8 Å². The SMILES string of the molecule is CCC1CCCN(c2nc3ccc(Br)cc3c(C(=O)NCC(CCC(=O)O)c3ccccc3OC(F)(F)F)c2C)C1. The highest BCUT2D eigenvalue weighted by atomic mass is 79.9. The third-order valence-corrected chi connectivity index (χ3v) is 8.08. The number of hydrogen-bond acceptors (Lipinski definition) is 5. The zero-order valence-electron chi connectivity index (χ0n) is 22.9. The van der Waals surface area contributed by atoms with Gasteiger partial charge < -0.3 is 20.1 Å². The zero-order valence-corrected chi connectivity index (χ0v) is 24.5. The number of carboxylic acid groups (broad SMARTS) is 1. The average molecular weight is 637 g/mol. The summed E-state index contributed by atoms with van der Waals surface area (Å²) in [5.41, 5.74) is 1.98. The van der Waals surface area contributed by atoms with E-state index >= 15 is 0 Å². The number of aromatic nitrogens is 1. The highest BCUT2D eigenvalue weighted by Gasteiger charge is 2.33. The summed E-state index contributed by atoms with van der Waals surface area (Å²) in [4.78, 5) is 32.3. The number of hydrogen-bond donors (Lipinski definition) is 2. The van der Waals surface area contributed by atoms with E-state index in [1.165, 1.54) is 18.2 Å². The molecule has 7 nitrogen and oxygen atoms in total. The number of aliphatic carboxylic acids is 1. The molecule has 2 aromatic carbocycles. The van der Waals surface area contributed by atoms with Gasteiger partial charge in [-0.1, -0.05) is 47.5 Å². The van der Waals surface area contributed by atoms with Crippen LogP contribution < -0.4 is 15.0 Å². The molecule has 1 saturated heterocycles. The Morgan fingerprint density at radius 1 is 1.24 bits per heavy atom. The van der Waals surface area contributed by atoms with Gasteiger partial charge in [-0.2, -0.15) is 0 Å². The molecular formula is C30H33BrF3N3O4. The van der Waals surface area contributed by atoms with Gasteiger partial charge in [0.15, 0.2) is 0 Å². The van der Waals surface area contributed by atoms with Crippen LogP contribution >= 0.6 is 15.9 Å². The molecule has 0 saturated carbocycles. The van der Waals surface area contributed by atoms with E-state index in [4.69, 9.17) is 4.98 Å². The minimum absolute atomic E-state index is 0.00685. The Balaban J connectivity index is 1.68. The summed E-state index contributed by atoms with van der Waals surface area (Å²) in [5, 5.41) is 12.8. The molecule has 1 aliphatic rings. The van der Waals surface area contributed by atoms with Gasteiger partial charge in [0.25, 0.3) is 5.91 Å². The summed E-state index contributed by atoms with van der Waals surface area (Å²) in [7, 11) is 0. The van der Waals surface area contributed by atoms with Crippen LogP contribution in [0.2, 0.25) is 0 Å². The lowest BCUT2D eigenvalue weighted by molar-refractivity contribution is -0.275. The molecule has 0 bridgehead atoms. The van der Waals surface area contributed by atoms with Crippen molar-refractivity contribution >= 4 is 44.5 Å². The topological polar surface area (TPSA) is 91.8 Å². The number of carbonyl (C=O) groups is 2. The molecule has 0 spiro atoms. The maximum atomic E-state index is 13.8. The number of nitrogens with zero attached hydrogens (tertiary/aromatic N) is 2. The second-order valence-corrected chi connectivity index (χ2v) is 11.3. The van der Waals surface area contributed by atoms with E-state index in [-0.39, 0.29) is 24.9 Å². The molecule has 41 heavy (non-hydrogen) atoms.